The van der Waals surface area contributed by atoms with Crippen LogP contribution in [-0.2, 0) is 13.2 Å². The fourth-order valence-electron chi connectivity index (χ4n) is 2.27. The monoisotopic (exact) mass is 318 g/mol. The van der Waals surface area contributed by atoms with Crippen LogP contribution < -0.4 is 0 Å². The molecule has 1 atom stereocenters. The topological polar surface area (TPSA) is 38.1 Å². The van der Waals surface area contributed by atoms with Crippen molar-refractivity contribution >= 4 is 11.6 Å². The predicted molar refractivity (Wildman–Crippen MR) is 73.2 cm³/mol. The minimum Gasteiger partial charge on any atom is -0.383 e. The van der Waals surface area contributed by atoms with Crippen LogP contribution in [0.3, 0.4) is 0 Å². The molecule has 0 saturated carbocycles. The van der Waals surface area contributed by atoms with E-state index in [2.05, 4.69) is 5.10 Å². The Bertz CT molecular complexity index is 680. The molecule has 0 radical (unpaired) electrons. The van der Waals surface area contributed by atoms with Crippen molar-refractivity contribution in [2.45, 2.75) is 26.1 Å². The number of aromatic nitrogens is 2. The van der Waals surface area contributed by atoms with Gasteiger partial charge < -0.3 is 5.11 Å². The minimum atomic E-state index is -4.41. The fourth-order valence-corrected chi connectivity index (χ4v) is 2.55. The van der Waals surface area contributed by atoms with E-state index in [9.17, 15) is 18.3 Å². The zero-order valence-corrected chi connectivity index (χ0v) is 12.4. The highest BCUT2D eigenvalue weighted by Gasteiger charge is 2.31. The molecule has 2 rings (SSSR count). The van der Waals surface area contributed by atoms with Gasteiger partial charge in [0.2, 0.25) is 0 Å². The first-order valence-corrected chi connectivity index (χ1v) is 6.55. The van der Waals surface area contributed by atoms with Crippen molar-refractivity contribution in [3.63, 3.8) is 0 Å². The summed E-state index contributed by atoms with van der Waals surface area (Å²) >= 11 is 6.08. The maximum Gasteiger partial charge on any atom is 0.416 e. The molecule has 3 nitrogen and oxygen atoms in total. The Morgan fingerprint density at radius 1 is 1.29 bits per heavy atom. The summed E-state index contributed by atoms with van der Waals surface area (Å²) in [5, 5.41) is 14.8. The van der Waals surface area contributed by atoms with Crippen molar-refractivity contribution < 1.29 is 18.3 Å². The minimum absolute atomic E-state index is 0.263. The molecule has 7 heteroatoms. The third-order valence-electron chi connectivity index (χ3n) is 3.36. The molecule has 2 aromatic rings. The number of aliphatic hydroxyl groups excluding tert-OH is 1. The van der Waals surface area contributed by atoms with Crippen molar-refractivity contribution in [3.05, 3.63) is 51.3 Å². The van der Waals surface area contributed by atoms with Crippen molar-refractivity contribution in [2.24, 2.45) is 7.05 Å². The predicted octanol–water partition coefficient (Wildman–Crippen LogP) is 3.79. The summed E-state index contributed by atoms with van der Waals surface area (Å²) in [6, 6.07) is 3.23. The molecule has 0 fully saturated rings. The van der Waals surface area contributed by atoms with Gasteiger partial charge in [-0.15, -0.1) is 0 Å². The molecule has 0 amide bonds. The van der Waals surface area contributed by atoms with E-state index in [1.54, 1.807) is 14.0 Å². The molecule has 0 aliphatic rings. The third-order valence-corrected chi connectivity index (χ3v) is 3.81. The number of halogens is 4. The van der Waals surface area contributed by atoms with Crippen LogP contribution in [0.15, 0.2) is 18.2 Å². The molecule has 21 heavy (non-hydrogen) atoms. The van der Waals surface area contributed by atoms with Crippen molar-refractivity contribution in [1.29, 1.82) is 0 Å². The lowest BCUT2D eigenvalue weighted by molar-refractivity contribution is -0.137. The summed E-state index contributed by atoms with van der Waals surface area (Å²) in [6.45, 7) is 3.21. The van der Waals surface area contributed by atoms with Crippen LogP contribution in [0, 0.1) is 13.8 Å². The standard InChI is InChI=1S/C14H14ClF3N2O/c1-7-6-9(14(16,17)18)4-5-10(7)12(21)11-8(2)19-20(3)13(11)15/h4-6,12,21H,1-3H3. The summed E-state index contributed by atoms with van der Waals surface area (Å²) in [6.07, 6.45) is -5.52. The van der Waals surface area contributed by atoms with E-state index in [1.165, 1.54) is 17.7 Å². The lowest BCUT2D eigenvalue weighted by Crippen LogP contribution is -2.08. The van der Waals surface area contributed by atoms with Gasteiger partial charge in [-0.05, 0) is 37.1 Å². The van der Waals surface area contributed by atoms with Gasteiger partial charge in [-0.3, -0.25) is 4.68 Å². The molecule has 0 aliphatic heterocycles. The first-order chi connectivity index (χ1) is 9.62. The summed E-state index contributed by atoms with van der Waals surface area (Å²) in [5.41, 5.74) is 0.916. The average molecular weight is 319 g/mol. The van der Waals surface area contributed by atoms with Crippen LogP contribution in [0.1, 0.15) is 34.1 Å². The van der Waals surface area contributed by atoms with Gasteiger partial charge in [-0.2, -0.15) is 18.3 Å². The number of hydrogen-bond donors (Lipinski definition) is 1. The van der Waals surface area contributed by atoms with E-state index in [4.69, 9.17) is 11.6 Å². The number of benzene rings is 1. The molecular formula is C14H14ClF3N2O. The second kappa shape index (κ2) is 5.35. The molecule has 0 saturated heterocycles. The summed E-state index contributed by atoms with van der Waals surface area (Å²) in [5.74, 6) is 0. The van der Waals surface area contributed by atoms with Gasteiger partial charge in [-0.25, -0.2) is 0 Å². The van der Waals surface area contributed by atoms with E-state index in [1.807, 2.05) is 0 Å². The van der Waals surface area contributed by atoms with Crippen LogP contribution in [0.2, 0.25) is 5.15 Å². The van der Waals surface area contributed by atoms with E-state index < -0.39 is 17.8 Å². The zero-order chi connectivity index (χ0) is 15.9. The second-order valence-corrected chi connectivity index (χ2v) is 5.24. The number of hydrogen-bond acceptors (Lipinski definition) is 2. The Hall–Kier alpha value is -1.53. The Morgan fingerprint density at radius 3 is 2.33 bits per heavy atom. The van der Waals surface area contributed by atoms with Gasteiger partial charge in [0.05, 0.1) is 11.3 Å². The van der Waals surface area contributed by atoms with E-state index in [0.717, 1.165) is 12.1 Å². The molecule has 1 aromatic heterocycles. The van der Waals surface area contributed by atoms with Gasteiger partial charge in [-0.1, -0.05) is 17.7 Å². The van der Waals surface area contributed by atoms with E-state index in [0.29, 0.717) is 22.4 Å². The normalized spacial score (nSPS) is 13.5. The molecule has 0 aliphatic carbocycles. The third kappa shape index (κ3) is 2.91. The van der Waals surface area contributed by atoms with Crippen LogP contribution in [-0.4, -0.2) is 14.9 Å². The number of aryl methyl sites for hydroxylation is 3. The highest BCUT2D eigenvalue weighted by molar-refractivity contribution is 6.30. The molecule has 0 bridgehead atoms. The van der Waals surface area contributed by atoms with Gasteiger partial charge in [0.25, 0.3) is 0 Å². The number of alkyl halides is 3. The molecule has 1 N–H and O–H groups in total. The van der Waals surface area contributed by atoms with Gasteiger partial charge in [0.15, 0.2) is 0 Å². The van der Waals surface area contributed by atoms with E-state index in [-0.39, 0.29) is 5.15 Å². The lowest BCUT2D eigenvalue weighted by Gasteiger charge is -2.16. The quantitative estimate of drug-likeness (QED) is 0.915. The smallest absolute Gasteiger partial charge is 0.383 e. The highest BCUT2D eigenvalue weighted by atomic mass is 35.5. The van der Waals surface area contributed by atoms with Crippen LogP contribution in [0.25, 0.3) is 0 Å². The summed E-state index contributed by atoms with van der Waals surface area (Å²) in [4.78, 5) is 0. The number of nitrogens with zero attached hydrogens (tertiary/aromatic N) is 2. The molecule has 1 unspecified atom stereocenters. The molecule has 114 valence electrons. The molecule has 1 aromatic carbocycles. The van der Waals surface area contributed by atoms with Crippen molar-refractivity contribution in [3.8, 4) is 0 Å². The summed E-state index contributed by atoms with van der Waals surface area (Å²) < 4.78 is 39.4. The molecule has 0 spiro atoms. The Balaban J connectivity index is 2.47. The first-order valence-electron chi connectivity index (χ1n) is 6.17. The molecular weight excluding hydrogens is 305 g/mol. The Labute approximate surface area is 125 Å². The summed E-state index contributed by atoms with van der Waals surface area (Å²) in [7, 11) is 1.63. The SMILES string of the molecule is Cc1cc(C(F)(F)F)ccc1C(O)c1c(C)nn(C)c1Cl. The van der Waals surface area contributed by atoms with Gasteiger partial charge >= 0.3 is 6.18 Å². The first kappa shape index (κ1) is 15.9. The maximum atomic E-state index is 12.7. The van der Waals surface area contributed by atoms with Crippen LogP contribution in [0.4, 0.5) is 13.2 Å². The largest absolute Gasteiger partial charge is 0.416 e. The van der Waals surface area contributed by atoms with E-state index >= 15 is 0 Å². The second-order valence-electron chi connectivity index (χ2n) is 4.89. The number of rotatable bonds is 2. The molecule has 1 heterocycles. The number of aliphatic hydroxyl groups is 1. The lowest BCUT2D eigenvalue weighted by atomic mass is 9.96. The fraction of sp³-hybridized carbons (Fsp3) is 0.357. The van der Waals surface area contributed by atoms with Crippen molar-refractivity contribution in [1.82, 2.24) is 9.78 Å². The van der Waals surface area contributed by atoms with Gasteiger partial charge in [0.1, 0.15) is 11.3 Å². The maximum absolute atomic E-state index is 12.7. The van der Waals surface area contributed by atoms with Gasteiger partial charge in [0, 0.05) is 12.6 Å². The Kier molecular flexibility index (Phi) is 4.04. The van der Waals surface area contributed by atoms with Crippen LogP contribution in [0.5, 0.6) is 0 Å². The van der Waals surface area contributed by atoms with Crippen LogP contribution >= 0.6 is 11.6 Å². The van der Waals surface area contributed by atoms with Crippen molar-refractivity contribution in [2.75, 3.05) is 0 Å². The highest BCUT2D eigenvalue weighted by Crippen LogP contribution is 2.35. The average Bonchev–Trinajstić information content (AvgIpc) is 2.61. The Morgan fingerprint density at radius 2 is 1.90 bits per heavy atom. The zero-order valence-electron chi connectivity index (χ0n) is 11.7.